The van der Waals surface area contributed by atoms with Crippen LogP contribution in [-0.4, -0.2) is 59.7 Å². The minimum Gasteiger partial charge on any atom is -0.459 e. The average molecular weight is 446 g/mol. The fraction of sp³-hybridized carbons (Fsp3) is 0.269. The zero-order valence-corrected chi connectivity index (χ0v) is 18.6. The smallest absolute Gasteiger partial charge is 0.287 e. The number of piperazine rings is 1. The number of furan rings is 1. The van der Waals surface area contributed by atoms with Crippen LogP contribution in [-0.2, 0) is 11.2 Å². The van der Waals surface area contributed by atoms with E-state index in [1.165, 1.54) is 6.26 Å². The van der Waals surface area contributed by atoms with Crippen molar-refractivity contribution in [3.8, 4) is 0 Å². The molecule has 1 saturated heterocycles. The Labute approximate surface area is 193 Å². The molecule has 3 amide bonds. The van der Waals surface area contributed by atoms with E-state index in [1.807, 2.05) is 61.5 Å². The number of hydrogen-bond donors (Lipinski definition) is 1. The summed E-state index contributed by atoms with van der Waals surface area (Å²) >= 11 is 0. The molecule has 0 spiro atoms. The van der Waals surface area contributed by atoms with Gasteiger partial charge in [-0.1, -0.05) is 48.0 Å². The fourth-order valence-corrected chi connectivity index (χ4v) is 3.92. The minimum atomic E-state index is -0.732. The number of nitrogens with one attached hydrogen (secondary N) is 1. The van der Waals surface area contributed by atoms with Crippen LogP contribution in [0.15, 0.2) is 77.4 Å². The molecule has 4 rings (SSSR count). The molecule has 0 saturated carbocycles. The van der Waals surface area contributed by atoms with Gasteiger partial charge in [0.1, 0.15) is 6.04 Å². The Kier molecular flexibility index (Phi) is 6.88. The van der Waals surface area contributed by atoms with Crippen molar-refractivity contribution in [2.24, 2.45) is 0 Å². The third kappa shape index (κ3) is 5.49. The van der Waals surface area contributed by atoms with Gasteiger partial charge in [-0.25, -0.2) is 0 Å². The van der Waals surface area contributed by atoms with E-state index in [0.717, 1.165) is 11.1 Å². The molecule has 0 radical (unpaired) electrons. The van der Waals surface area contributed by atoms with Crippen LogP contribution in [0.1, 0.15) is 32.0 Å². The molecule has 1 aromatic heterocycles. The zero-order valence-electron chi connectivity index (χ0n) is 18.6. The van der Waals surface area contributed by atoms with Crippen LogP contribution in [0.2, 0.25) is 0 Å². The van der Waals surface area contributed by atoms with Crippen LogP contribution in [0.3, 0.4) is 0 Å². The number of rotatable bonds is 6. The van der Waals surface area contributed by atoms with Gasteiger partial charge in [0.15, 0.2) is 5.76 Å². The lowest BCUT2D eigenvalue weighted by atomic mass is 10.0. The Bertz CT molecular complexity index is 1090. The Morgan fingerprint density at radius 3 is 2.18 bits per heavy atom. The summed E-state index contributed by atoms with van der Waals surface area (Å²) in [6, 6.07) is 19.5. The first-order valence-corrected chi connectivity index (χ1v) is 11.0. The normalized spacial score (nSPS) is 14.6. The van der Waals surface area contributed by atoms with E-state index in [4.69, 9.17) is 4.42 Å². The van der Waals surface area contributed by atoms with E-state index in [-0.39, 0.29) is 17.6 Å². The van der Waals surface area contributed by atoms with E-state index in [0.29, 0.717) is 38.2 Å². The molecule has 0 aliphatic carbocycles. The first-order chi connectivity index (χ1) is 16.0. The Balaban J connectivity index is 1.42. The van der Waals surface area contributed by atoms with Crippen molar-refractivity contribution in [3.05, 3.63) is 95.4 Å². The largest absolute Gasteiger partial charge is 0.459 e. The maximum absolute atomic E-state index is 13.4. The van der Waals surface area contributed by atoms with Crippen LogP contribution in [0.25, 0.3) is 0 Å². The molecule has 7 heteroatoms. The number of amides is 3. The fourth-order valence-electron chi connectivity index (χ4n) is 3.92. The molecule has 1 aliphatic heterocycles. The average Bonchev–Trinajstić information content (AvgIpc) is 3.39. The molecule has 170 valence electrons. The topological polar surface area (TPSA) is 82.9 Å². The summed E-state index contributed by atoms with van der Waals surface area (Å²) in [6.45, 7) is 3.71. The standard InChI is InChI=1S/C26H27N3O4/c1-19-9-11-21(12-10-19)25(31)28-13-15-29(16-14-28)26(32)22(18-20-6-3-2-4-7-20)27-24(30)23-8-5-17-33-23/h2-12,17,22H,13-16,18H2,1H3,(H,27,30). The Hall–Kier alpha value is -3.87. The lowest BCUT2D eigenvalue weighted by molar-refractivity contribution is -0.134. The van der Waals surface area contributed by atoms with Crippen LogP contribution in [0.5, 0.6) is 0 Å². The van der Waals surface area contributed by atoms with Gasteiger partial charge in [-0.2, -0.15) is 0 Å². The van der Waals surface area contributed by atoms with Gasteiger partial charge in [-0.15, -0.1) is 0 Å². The van der Waals surface area contributed by atoms with Gasteiger partial charge >= 0.3 is 0 Å². The van der Waals surface area contributed by atoms with Gasteiger partial charge in [-0.05, 0) is 36.8 Å². The van der Waals surface area contributed by atoms with E-state index in [1.54, 1.807) is 21.9 Å². The number of carbonyl (C=O) groups is 3. The number of aryl methyl sites for hydroxylation is 1. The molecule has 33 heavy (non-hydrogen) atoms. The maximum atomic E-state index is 13.4. The second-order valence-corrected chi connectivity index (χ2v) is 8.18. The Morgan fingerprint density at radius 1 is 0.879 bits per heavy atom. The molecule has 2 aromatic carbocycles. The van der Waals surface area contributed by atoms with E-state index >= 15 is 0 Å². The predicted octanol–water partition coefficient (Wildman–Crippen LogP) is 2.91. The molecule has 3 aromatic rings. The van der Waals surface area contributed by atoms with E-state index < -0.39 is 11.9 Å². The molecule has 1 N–H and O–H groups in total. The van der Waals surface area contributed by atoms with Crippen LogP contribution < -0.4 is 5.32 Å². The number of nitrogens with zero attached hydrogens (tertiary/aromatic N) is 2. The lowest BCUT2D eigenvalue weighted by Gasteiger charge is -2.36. The number of carbonyl (C=O) groups excluding carboxylic acids is 3. The number of benzene rings is 2. The molecule has 1 unspecified atom stereocenters. The summed E-state index contributed by atoms with van der Waals surface area (Å²) in [5.41, 5.74) is 2.69. The molecular weight excluding hydrogens is 418 g/mol. The SMILES string of the molecule is Cc1ccc(C(=O)N2CCN(C(=O)C(Cc3ccccc3)NC(=O)c3ccco3)CC2)cc1. The summed E-state index contributed by atoms with van der Waals surface area (Å²) < 4.78 is 5.18. The highest BCUT2D eigenvalue weighted by atomic mass is 16.3. The highest BCUT2D eigenvalue weighted by Crippen LogP contribution is 2.13. The molecule has 0 bridgehead atoms. The second-order valence-electron chi connectivity index (χ2n) is 8.18. The highest BCUT2D eigenvalue weighted by molar-refractivity contribution is 5.96. The van der Waals surface area contributed by atoms with Gasteiger partial charge in [0.05, 0.1) is 6.26 Å². The first-order valence-electron chi connectivity index (χ1n) is 11.0. The summed E-state index contributed by atoms with van der Waals surface area (Å²) in [7, 11) is 0. The quantitative estimate of drug-likeness (QED) is 0.633. The van der Waals surface area contributed by atoms with Crippen LogP contribution in [0.4, 0.5) is 0 Å². The van der Waals surface area contributed by atoms with E-state index in [9.17, 15) is 14.4 Å². The summed E-state index contributed by atoms with van der Waals surface area (Å²) in [4.78, 5) is 42.2. The predicted molar refractivity (Wildman–Crippen MR) is 124 cm³/mol. The molecule has 1 fully saturated rings. The van der Waals surface area contributed by atoms with Gasteiger partial charge < -0.3 is 19.5 Å². The molecule has 2 heterocycles. The third-order valence-electron chi connectivity index (χ3n) is 5.81. The summed E-state index contributed by atoms with van der Waals surface area (Å²) in [6.07, 6.45) is 1.79. The van der Waals surface area contributed by atoms with Crippen molar-refractivity contribution >= 4 is 17.7 Å². The van der Waals surface area contributed by atoms with Crippen molar-refractivity contribution in [2.45, 2.75) is 19.4 Å². The summed E-state index contributed by atoms with van der Waals surface area (Å²) in [5, 5.41) is 2.83. The number of hydrogen-bond acceptors (Lipinski definition) is 4. The molecular formula is C26H27N3O4. The van der Waals surface area contributed by atoms with Crippen molar-refractivity contribution in [1.29, 1.82) is 0 Å². The van der Waals surface area contributed by atoms with Gasteiger partial charge in [0.2, 0.25) is 5.91 Å². The maximum Gasteiger partial charge on any atom is 0.287 e. The van der Waals surface area contributed by atoms with Gasteiger partial charge in [0.25, 0.3) is 11.8 Å². The first kappa shape index (κ1) is 22.3. The van der Waals surface area contributed by atoms with Crippen molar-refractivity contribution in [2.75, 3.05) is 26.2 Å². The second kappa shape index (κ2) is 10.2. The molecule has 7 nitrogen and oxygen atoms in total. The molecule has 1 aliphatic rings. The van der Waals surface area contributed by atoms with Gasteiger partial charge in [0, 0.05) is 38.2 Å². The Morgan fingerprint density at radius 2 is 1.55 bits per heavy atom. The lowest BCUT2D eigenvalue weighted by Crippen LogP contribution is -2.56. The minimum absolute atomic E-state index is 0.0333. The highest BCUT2D eigenvalue weighted by Gasteiger charge is 2.31. The monoisotopic (exact) mass is 445 g/mol. The third-order valence-corrected chi connectivity index (χ3v) is 5.81. The van der Waals surface area contributed by atoms with Crippen LogP contribution >= 0.6 is 0 Å². The van der Waals surface area contributed by atoms with Crippen molar-refractivity contribution < 1.29 is 18.8 Å². The van der Waals surface area contributed by atoms with Crippen molar-refractivity contribution in [3.63, 3.8) is 0 Å². The van der Waals surface area contributed by atoms with E-state index in [2.05, 4.69) is 5.32 Å². The molecule has 1 atom stereocenters. The van der Waals surface area contributed by atoms with Gasteiger partial charge in [-0.3, -0.25) is 14.4 Å². The van der Waals surface area contributed by atoms with Crippen LogP contribution in [0, 0.1) is 6.92 Å². The summed E-state index contributed by atoms with van der Waals surface area (Å²) in [5.74, 6) is -0.466. The van der Waals surface area contributed by atoms with Crippen molar-refractivity contribution in [1.82, 2.24) is 15.1 Å². The zero-order chi connectivity index (χ0) is 23.2.